The van der Waals surface area contributed by atoms with Crippen LogP contribution in [0.2, 0.25) is 0 Å². The largest absolute Gasteiger partial charge is 0.378 e. The van der Waals surface area contributed by atoms with Crippen molar-refractivity contribution in [1.82, 2.24) is 25.1 Å². The molecule has 170 valence electrons. The highest BCUT2D eigenvalue weighted by atomic mass is 32.1. The van der Waals surface area contributed by atoms with Crippen molar-refractivity contribution < 1.29 is 18.3 Å². The summed E-state index contributed by atoms with van der Waals surface area (Å²) in [6.07, 6.45) is 3.03. The minimum atomic E-state index is -0.708. The van der Waals surface area contributed by atoms with Crippen LogP contribution < -0.4 is 5.32 Å². The number of thiophene rings is 1. The first kappa shape index (κ1) is 22.7. The summed E-state index contributed by atoms with van der Waals surface area (Å²) in [6, 6.07) is 6.99. The smallest absolute Gasteiger partial charge is 0.255 e. The molecule has 0 fully saturated rings. The summed E-state index contributed by atoms with van der Waals surface area (Å²) in [7, 11) is 1.50. The molecule has 10 heteroatoms. The van der Waals surface area contributed by atoms with Gasteiger partial charge in [-0.3, -0.25) is 4.79 Å². The van der Waals surface area contributed by atoms with Gasteiger partial charge in [0.25, 0.3) is 11.9 Å². The van der Waals surface area contributed by atoms with E-state index >= 15 is 0 Å². The fourth-order valence-corrected chi connectivity index (χ4v) is 4.42. The fraction of sp³-hybridized carbons (Fsp3) is 0.217. The van der Waals surface area contributed by atoms with Crippen LogP contribution in [-0.2, 0) is 17.9 Å². The average molecular weight is 470 g/mol. The van der Waals surface area contributed by atoms with Crippen molar-refractivity contribution in [2.75, 3.05) is 7.11 Å². The van der Waals surface area contributed by atoms with E-state index in [9.17, 15) is 13.6 Å². The van der Waals surface area contributed by atoms with Gasteiger partial charge in [0.05, 0.1) is 29.8 Å². The molecule has 1 N–H and O–H groups in total. The third-order valence-corrected chi connectivity index (χ3v) is 5.89. The van der Waals surface area contributed by atoms with Gasteiger partial charge in [0.2, 0.25) is 0 Å². The molecule has 0 spiro atoms. The Bertz CT molecular complexity index is 1300. The number of nitrogens with zero attached hydrogens (tertiary/aromatic N) is 4. The van der Waals surface area contributed by atoms with Crippen LogP contribution in [0.1, 0.15) is 31.4 Å². The molecule has 1 amide bonds. The number of aromatic nitrogens is 4. The molecule has 1 aromatic carbocycles. The first-order valence-corrected chi connectivity index (χ1v) is 10.9. The molecule has 0 aliphatic rings. The van der Waals surface area contributed by atoms with Crippen LogP contribution in [0.4, 0.5) is 8.78 Å². The number of carbonyl (C=O) groups excluding carboxylic acids is 1. The minimum Gasteiger partial charge on any atom is -0.378 e. The standard InChI is InChI=1S/C23H21F2N5O2S/c1-13-6-18(14(2)33-13)20-4-5-26-23(29-20)30-21(12-32-3)19(11-28-30)22(31)27-10-15-7-16(24)9-17(25)8-15/h4-9,11H,10,12H2,1-3H3,(H,27,31). The van der Waals surface area contributed by atoms with Gasteiger partial charge in [0, 0.05) is 41.2 Å². The van der Waals surface area contributed by atoms with E-state index in [1.807, 2.05) is 19.9 Å². The molecular weight excluding hydrogens is 448 g/mol. The highest BCUT2D eigenvalue weighted by Crippen LogP contribution is 2.29. The molecule has 0 aliphatic heterocycles. The predicted octanol–water partition coefficient (Wildman–Crippen LogP) is 4.36. The lowest BCUT2D eigenvalue weighted by molar-refractivity contribution is 0.0945. The molecule has 0 unspecified atom stereocenters. The number of hydrogen-bond acceptors (Lipinski definition) is 6. The van der Waals surface area contributed by atoms with Gasteiger partial charge >= 0.3 is 0 Å². The van der Waals surface area contributed by atoms with Crippen molar-refractivity contribution >= 4 is 17.2 Å². The first-order chi connectivity index (χ1) is 15.9. The van der Waals surface area contributed by atoms with E-state index in [0.29, 0.717) is 17.2 Å². The van der Waals surface area contributed by atoms with Crippen LogP contribution in [-0.4, -0.2) is 32.8 Å². The number of rotatable bonds is 7. The number of nitrogens with one attached hydrogen (secondary N) is 1. The van der Waals surface area contributed by atoms with Crippen molar-refractivity contribution in [3.05, 3.63) is 80.9 Å². The lowest BCUT2D eigenvalue weighted by Crippen LogP contribution is -2.24. The van der Waals surface area contributed by atoms with Gasteiger partial charge in [-0.15, -0.1) is 11.3 Å². The van der Waals surface area contributed by atoms with E-state index < -0.39 is 17.5 Å². The van der Waals surface area contributed by atoms with E-state index in [1.54, 1.807) is 17.5 Å². The van der Waals surface area contributed by atoms with Crippen molar-refractivity contribution in [2.45, 2.75) is 27.0 Å². The SMILES string of the molecule is COCc1c(C(=O)NCc2cc(F)cc(F)c2)cnn1-c1nccc(-c2cc(C)sc2C)n1. The van der Waals surface area contributed by atoms with Gasteiger partial charge in [-0.05, 0) is 43.7 Å². The normalized spacial score (nSPS) is 11.1. The van der Waals surface area contributed by atoms with Gasteiger partial charge in [-0.1, -0.05) is 0 Å². The highest BCUT2D eigenvalue weighted by molar-refractivity contribution is 7.12. The fourth-order valence-electron chi connectivity index (χ4n) is 3.49. The number of halogens is 2. The zero-order valence-electron chi connectivity index (χ0n) is 18.2. The minimum absolute atomic E-state index is 0.0477. The molecule has 0 bridgehead atoms. The Labute approximate surface area is 193 Å². The molecule has 7 nitrogen and oxygen atoms in total. The zero-order valence-corrected chi connectivity index (χ0v) is 19.0. The maximum atomic E-state index is 13.4. The number of hydrogen-bond donors (Lipinski definition) is 1. The lowest BCUT2D eigenvalue weighted by Gasteiger charge is -2.09. The number of benzene rings is 1. The van der Waals surface area contributed by atoms with E-state index in [-0.39, 0.29) is 18.7 Å². The molecule has 0 atom stereocenters. The lowest BCUT2D eigenvalue weighted by atomic mass is 10.2. The molecule has 3 heterocycles. The summed E-state index contributed by atoms with van der Waals surface area (Å²) in [5.74, 6) is -1.58. The molecule has 0 saturated heterocycles. The second-order valence-electron chi connectivity index (χ2n) is 7.38. The van der Waals surface area contributed by atoms with Gasteiger partial charge in [0.15, 0.2) is 0 Å². The third kappa shape index (κ3) is 4.96. The van der Waals surface area contributed by atoms with Gasteiger partial charge < -0.3 is 10.1 Å². The Morgan fingerprint density at radius 2 is 1.94 bits per heavy atom. The monoisotopic (exact) mass is 469 g/mol. The summed E-state index contributed by atoms with van der Waals surface area (Å²) in [5, 5.41) is 6.97. The van der Waals surface area contributed by atoms with Crippen molar-refractivity contribution in [3.8, 4) is 17.2 Å². The van der Waals surface area contributed by atoms with Crippen LogP contribution in [0.5, 0.6) is 0 Å². The second-order valence-corrected chi connectivity index (χ2v) is 8.84. The highest BCUT2D eigenvalue weighted by Gasteiger charge is 2.20. The predicted molar refractivity (Wildman–Crippen MR) is 120 cm³/mol. The third-order valence-electron chi connectivity index (χ3n) is 4.92. The van der Waals surface area contributed by atoms with Crippen LogP contribution in [0.3, 0.4) is 0 Å². The number of amides is 1. The van der Waals surface area contributed by atoms with Crippen molar-refractivity contribution in [3.63, 3.8) is 0 Å². The summed E-state index contributed by atoms with van der Waals surface area (Å²) >= 11 is 1.69. The molecule has 0 aliphatic carbocycles. The Morgan fingerprint density at radius 1 is 1.18 bits per heavy atom. The number of carbonyl (C=O) groups is 1. The van der Waals surface area contributed by atoms with Crippen LogP contribution >= 0.6 is 11.3 Å². The second kappa shape index (κ2) is 9.55. The first-order valence-electron chi connectivity index (χ1n) is 10.1. The summed E-state index contributed by atoms with van der Waals surface area (Å²) in [4.78, 5) is 24.1. The maximum absolute atomic E-state index is 13.4. The zero-order chi connectivity index (χ0) is 23.5. The number of methoxy groups -OCH3 is 1. The molecule has 33 heavy (non-hydrogen) atoms. The van der Waals surface area contributed by atoms with Gasteiger partial charge in [0.1, 0.15) is 11.6 Å². The molecule has 4 rings (SSSR count). The van der Waals surface area contributed by atoms with Crippen LogP contribution in [0, 0.1) is 25.5 Å². The maximum Gasteiger partial charge on any atom is 0.255 e. The Hall–Kier alpha value is -3.50. The Balaban J connectivity index is 1.62. The van der Waals surface area contributed by atoms with Crippen molar-refractivity contribution in [2.24, 2.45) is 0 Å². The van der Waals surface area contributed by atoms with E-state index in [2.05, 4.69) is 26.4 Å². The van der Waals surface area contributed by atoms with E-state index in [4.69, 9.17) is 4.74 Å². The van der Waals surface area contributed by atoms with E-state index in [0.717, 1.165) is 34.3 Å². The van der Waals surface area contributed by atoms with Crippen LogP contribution in [0.25, 0.3) is 17.2 Å². The quantitative estimate of drug-likeness (QED) is 0.435. The molecule has 3 aromatic heterocycles. The number of aryl methyl sites for hydroxylation is 2. The summed E-state index contributed by atoms with van der Waals surface area (Å²) in [5.41, 5.74) is 2.78. The van der Waals surface area contributed by atoms with Crippen LogP contribution in [0.15, 0.2) is 42.7 Å². The topological polar surface area (TPSA) is 81.9 Å². The average Bonchev–Trinajstić information content (AvgIpc) is 3.34. The summed E-state index contributed by atoms with van der Waals surface area (Å²) in [6.45, 7) is 4.11. The summed E-state index contributed by atoms with van der Waals surface area (Å²) < 4.78 is 33.6. The molecule has 4 aromatic rings. The Morgan fingerprint density at radius 3 is 2.61 bits per heavy atom. The molecule has 0 saturated carbocycles. The number of ether oxygens (including phenoxy) is 1. The Kier molecular flexibility index (Phi) is 6.57. The van der Waals surface area contributed by atoms with Gasteiger partial charge in [-0.25, -0.2) is 18.7 Å². The van der Waals surface area contributed by atoms with Crippen molar-refractivity contribution in [1.29, 1.82) is 0 Å². The van der Waals surface area contributed by atoms with E-state index in [1.165, 1.54) is 22.9 Å². The molecule has 0 radical (unpaired) electrons. The van der Waals surface area contributed by atoms with Gasteiger partial charge in [-0.2, -0.15) is 9.78 Å². The molecular formula is C23H21F2N5O2S.